The maximum atomic E-state index is 13.3. The summed E-state index contributed by atoms with van der Waals surface area (Å²) >= 11 is 3.49. The number of rotatable bonds is 8. The number of halogens is 1. The molecule has 0 fully saturated rings. The first kappa shape index (κ1) is 23.0. The van der Waals surface area contributed by atoms with Gasteiger partial charge >= 0.3 is 0 Å². The van der Waals surface area contributed by atoms with Gasteiger partial charge in [-0.2, -0.15) is 4.31 Å². The van der Waals surface area contributed by atoms with Crippen LogP contribution < -0.4 is 0 Å². The fourth-order valence-electron chi connectivity index (χ4n) is 2.84. The molecule has 0 heterocycles. The van der Waals surface area contributed by atoms with Crippen molar-refractivity contribution in [3.63, 3.8) is 0 Å². The predicted octanol–water partition coefficient (Wildman–Crippen LogP) is 3.86. The summed E-state index contributed by atoms with van der Waals surface area (Å²) in [5.74, 6) is 0. The summed E-state index contributed by atoms with van der Waals surface area (Å²) in [5, 5.41) is 0. The van der Waals surface area contributed by atoms with Gasteiger partial charge in [-0.25, -0.2) is 21.1 Å². The SMILES string of the molecule is CCCN(C(C)c1ccccc1Br)S(=O)(=O)c1ccc(S(=O)(=O)N(C)C)cc1. The van der Waals surface area contributed by atoms with Crippen LogP contribution in [0.4, 0.5) is 0 Å². The number of hydrogen-bond donors (Lipinski definition) is 0. The molecule has 0 bridgehead atoms. The molecule has 0 saturated heterocycles. The molecule has 28 heavy (non-hydrogen) atoms. The second kappa shape index (κ2) is 9.04. The van der Waals surface area contributed by atoms with Crippen LogP contribution >= 0.6 is 15.9 Å². The minimum Gasteiger partial charge on any atom is -0.207 e. The fraction of sp³-hybridized carbons (Fsp3) is 0.368. The molecule has 6 nitrogen and oxygen atoms in total. The van der Waals surface area contributed by atoms with Crippen LogP contribution in [0.5, 0.6) is 0 Å². The average molecular weight is 489 g/mol. The largest absolute Gasteiger partial charge is 0.243 e. The minimum absolute atomic E-state index is 0.0531. The summed E-state index contributed by atoms with van der Waals surface area (Å²) in [6.07, 6.45) is 0.654. The zero-order chi connectivity index (χ0) is 21.1. The molecule has 2 rings (SSSR count). The maximum Gasteiger partial charge on any atom is 0.243 e. The van der Waals surface area contributed by atoms with Gasteiger partial charge in [0.15, 0.2) is 0 Å². The van der Waals surface area contributed by atoms with Crippen LogP contribution in [-0.4, -0.2) is 46.1 Å². The van der Waals surface area contributed by atoms with Crippen molar-refractivity contribution >= 4 is 36.0 Å². The van der Waals surface area contributed by atoms with Crippen molar-refractivity contribution in [2.75, 3.05) is 20.6 Å². The highest BCUT2D eigenvalue weighted by Gasteiger charge is 2.30. The molecule has 9 heteroatoms. The van der Waals surface area contributed by atoms with E-state index in [-0.39, 0.29) is 15.8 Å². The highest BCUT2D eigenvalue weighted by molar-refractivity contribution is 9.10. The highest BCUT2D eigenvalue weighted by Crippen LogP contribution is 2.32. The van der Waals surface area contributed by atoms with E-state index < -0.39 is 20.0 Å². The Morgan fingerprint density at radius 1 is 0.893 bits per heavy atom. The average Bonchev–Trinajstić information content (AvgIpc) is 2.65. The summed E-state index contributed by atoms with van der Waals surface area (Å²) in [4.78, 5) is 0.120. The molecule has 2 aromatic rings. The van der Waals surface area contributed by atoms with Crippen molar-refractivity contribution in [1.82, 2.24) is 8.61 Å². The second-order valence-corrected chi connectivity index (χ2v) is 11.5. The number of nitrogens with zero attached hydrogens (tertiary/aromatic N) is 2. The van der Waals surface area contributed by atoms with Crippen LogP contribution in [0.15, 0.2) is 62.8 Å². The third kappa shape index (κ3) is 4.65. The Hall–Kier alpha value is -1.26. The smallest absolute Gasteiger partial charge is 0.207 e. The van der Waals surface area contributed by atoms with E-state index in [1.807, 2.05) is 38.1 Å². The monoisotopic (exact) mass is 488 g/mol. The van der Waals surface area contributed by atoms with Gasteiger partial charge in [0, 0.05) is 31.2 Å². The third-order valence-corrected chi connectivity index (χ3v) is 8.98. The molecule has 2 aromatic carbocycles. The number of hydrogen-bond acceptors (Lipinski definition) is 4. The van der Waals surface area contributed by atoms with Gasteiger partial charge in [-0.3, -0.25) is 0 Å². The van der Waals surface area contributed by atoms with E-state index in [0.29, 0.717) is 13.0 Å². The quantitative estimate of drug-likeness (QED) is 0.565. The second-order valence-electron chi connectivity index (χ2n) is 6.57. The normalized spacial score (nSPS) is 13.8. The topological polar surface area (TPSA) is 74.8 Å². The van der Waals surface area contributed by atoms with E-state index in [2.05, 4.69) is 15.9 Å². The lowest BCUT2D eigenvalue weighted by molar-refractivity contribution is 0.341. The lowest BCUT2D eigenvalue weighted by Gasteiger charge is -2.29. The molecule has 0 aliphatic heterocycles. The van der Waals surface area contributed by atoms with E-state index in [9.17, 15) is 16.8 Å². The van der Waals surface area contributed by atoms with E-state index in [1.54, 1.807) is 0 Å². The highest BCUT2D eigenvalue weighted by atomic mass is 79.9. The predicted molar refractivity (Wildman–Crippen MR) is 114 cm³/mol. The van der Waals surface area contributed by atoms with Crippen LogP contribution in [0.1, 0.15) is 31.9 Å². The Bertz CT molecular complexity index is 1020. The van der Waals surface area contributed by atoms with Crippen LogP contribution in [-0.2, 0) is 20.0 Å². The van der Waals surface area contributed by atoms with Crippen LogP contribution in [0.2, 0.25) is 0 Å². The molecule has 154 valence electrons. The Kier molecular flexibility index (Phi) is 7.44. The summed E-state index contributed by atoms with van der Waals surface area (Å²) in [6, 6.07) is 12.5. The molecular formula is C19H25BrN2O4S2. The van der Waals surface area contributed by atoms with Crippen LogP contribution in [0.3, 0.4) is 0 Å². The van der Waals surface area contributed by atoms with Crippen molar-refractivity contribution in [3.8, 4) is 0 Å². The van der Waals surface area contributed by atoms with Crippen molar-refractivity contribution in [2.45, 2.75) is 36.1 Å². The summed E-state index contributed by atoms with van der Waals surface area (Å²) < 4.78 is 54.4. The first-order valence-electron chi connectivity index (χ1n) is 8.82. The van der Waals surface area contributed by atoms with E-state index >= 15 is 0 Å². The zero-order valence-electron chi connectivity index (χ0n) is 16.3. The van der Waals surface area contributed by atoms with Crippen molar-refractivity contribution in [2.24, 2.45) is 0 Å². The molecule has 0 saturated carbocycles. The summed E-state index contributed by atoms with van der Waals surface area (Å²) in [7, 11) is -4.56. The third-order valence-electron chi connectivity index (χ3n) is 4.44. The summed E-state index contributed by atoms with van der Waals surface area (Å²) in [5.41, 5.74) is 0.867. The van der Waals surface area contributed by atoms with Gasteiger partial charge in [0.25, 0.3) is 0 Å². The molecule has 1 atom stereocenters. The Balaban J connectivity index is 2.45. The van der Waals surface area contributed by atoms with Gasteiger partial charge in [-0.1, -0.05) is 41.1 Å². The summed E-state index contributed by atoms with van der Waals surface area (Å²) in [6.45, 7) is 4.11. The van der Waals surface area contributed by atoms with Gasteiger partial charge in [0.1, 0.15) is 0 Å². The first-order chi connectivity index (χ1) is 13.0. The van der Waals surface area contributed by atoms with E-state index in [4.69, 9.17) is 0 Å². The Morgan fingerprint density at radius 3 is 1.86 bits per heavy atom. The molecule has 0 N–H and O–H groups in total. The van der Waals surface area contributed by atoms with Gasteiger partial charge in [-0.05, 0) is 49.2 Å². The van der Waals surface area contributed by atoms with Crippen molar-refractivity contribution in [3.05, 3.63) is 58.6 Å². The molecule has 0 aliphatic rings. The molecule has 0 amide bonds. The van der Waals surface area contributed by atoms with Crippen molar-refractivity contribution in [1.29, 1.82) is 0 Å². The van der Waals surface area contributed by atoms with Crippen molar-refractivity contribution < 1.29 is 16.8 Å². The minimum atomic E-state index is -3.81. The molecule has 0 radical (unpaired) electrons. The molecule has 0 aliphatic carbocycles. The zero-order valence-corrected chi connectivity index (χ0v) is 19.6. The number of benzene rings is 2. The lowest BCUT2D eigenvalue weighted by Crippen LogP contribution is -2.34. The maximum absolute atomic E-state index is 13.3. The van der Waals surface area contributed by atoms with Gasteiger partial charge in [-0.15, -0.1) is 0 Å². The van der Waals surface area contributed by atoms with Gasteiger partial charge in [0.2, 0.25) is 20.0 Å². The molecule has 1 unspecified atom stereocenters. The molecular weight excluding hydrogens is 464 g/mol. The van der Waals surface area contributed by atoms with E-state index in [1.165, 1.54) is 42.7 Å². The van der Waals surface area contributed by atoms with Gasteiger partial charge < -0.3 is 0 Å². The number of sulfonamides is 2. The van der Waals surface area contributed by atoms with E-state index in [0.717, 1.165) is 14.3 Å². The fourth-order valence-corrected chi connectivity index (χ4v) is 6.06. The molecule has 0 spiro atoms. The van der Waals surface area contributed by atoms with Gasteiger partial charge in [0.05, 0.1) is 9.79 Å². The van der Waals surface area contributed by atoms with Crippen LogP contribution in [0, 0.1) is 0 Å². The first-order valence-corrected chi connectivity index (χ1v) is 12.5. The standard InChI is InChI=1S/C19H25BrN2O4S2/c1-5-14-22(15(2)18-8-6-7-9-19(18)20)28(25,26)17-12-10-16(11-13-17)27(23,24)21(3)4/h6-13,15H,5,14H2,1-4H3. The molecule has 0 aromatic heterocycles. The Labute approximate surface area is 176 Å². The lowest BCUT2D eigenvalue weighted by atomic mass is 10.1. The Morgan fingerprint density at radius 2 is 1.39 bits per heavy atom. The van der Waals surface area contributed by atoms with Crippen LogP contribution in [0.25, 0.3) is 0 Å².